The second-order valence-electron chi connectivity index (χ2n) is 6.82. The minimum absolute atomic E-state index is 0.0838. The number of fused-ring (bicyclic) bond motifs is 2. The van der Waals surface area contributed by atoms with Gasteiger partial charge >= 0.3 is 5.97 Å². The average Bonchev–Trinajstić information content (AvgIpc) is 3.29. The van der Waals surface area contributed by atoms with Crippen molar-refractivity contribution < 1.29 is 14.7 Å². The third-order valence-corrected chi connectivity index (χ3v) is 5.17. The van der Waals surface area contributed by atoms with Crippen molar-refractivity contribution in [3.8, 4) is 11.4 Å². The van der Waals surface area contributed by atoms with E-state index in [0.717, 1.165) is 16.5 Å². The van der Waals surface area contributed by atoms with E-state index in [2.05, 4.69) is 15.5 Å². The van der Waals surface area contributed by atoms with Gasteiger partial charge in [-0.15, -0.1) is 0 Å². The summed E-state index contributed by atoms with van der Waals surface area (Å²) in [7, 11) is 1.53. The summed E-state index contributed by atoms with van der Waals surface area (Å²) in [6.45, 7) is 1.81. The molecule has 2 heterocycles. The smallest absolute Gasteiger partial charge is 0.305 e. The topological polar surface area (TPSA) is 113 Å². The molecule has 3 N–H and O–H groups in total. The zero-order valence-electron chi connectivity index (χ0n) is 15.7. The molecule has 0 saturated carbocycles. The van der Waals surface area contributed by atoms with Crippen molar-refractivity contribution in [1.82, 2.24) is 25.1 Å². The van der Waals surface area contributed by atoms with Crippen LogP contribution in [-0.2, 0) is 4.79 Å². The number of aromatic amines is 1. The van der Waals surface area contributed by atoms with Crippen LogP contribution in [0.25, 0.3) is 33.3 Å². The van der Waals surface area contributed by atoms with Crippen molar-refractivity contribution >= 4 is 45.4 Å². The number of hydrogen-bond acceptors (Lipinski definition) is 4. The van der Waals surface area contributed by atoms with Crippen LogP contribution in [0.3, 0.4) is 0 Å². The summed E-state index contributed by atoms with van der Waals surface area (Å²) in [6.07, 6.45) is 1.64. The molecule has 0 saturated heterocycles. The minimum atomic E-state index is -0.914. The molecular formula is C20H18ClN5O3. The molecule has 2 aromatic carbocycles. The maximum absolute atomic E-state index is 12.1. The highest BCUT2D eigenvalue weighted by Crippen LogP contribution is 2.33. The Hall–Kier alpha value is -3.39. The first-order chi connectivity index (χ1) is 13.9. The van der Waals surface area contributed by atoms with E-state index in [4.69, 9.17) is 16.6 Å². The number of rotatable bonds is 5. The number of carboxylic acid groups (broad SMARTS) is 1. The van der Waals surface area contributed by atoms with E-state index < -0.39 is 5.97 Å². The van der Waals surface area contributed by atoms with E-state index in [1.165, 1.54) is 7.05 Å². The van der Waals surface area contributed by atoms with Crippen LogP contribution in [0.5, 0.6) is 0 Å². The Bertz CT molecular complexity index is 1260. The molecule has 0 aliphatic rings. The molecule has 29 heavy (non-hydrogen) atoms. The molecular weight excluding hydrogens is 394 g/mol. The standard InChI is InChI=1S/C20H18ClN5O3/c1-10(5-18(27)28)26-17-8-14(21)13(20(29)22-2)7-16(17)24-19(26)11-3-4-12-9-23-25-15(12)6-11/h3-4,6-10H,5H2,1-2H3,(H,22,29)(H,23,25)(H,27,28). The van der Waals surface area contributed by atoms with Crippen LogP contribution in [0.2, 0.25) is 5.02 Å². The summed E-state index contributed by atoms with van der Waals surface area (Å²) in [6, 6.07) is 8.64. The highest BCUT2D eigenvalue weighted by molar-refractivity contribution is 6.34. The van der Waals surface area contributed by atoms with E-state index >= 15 is 0 Å². The zero-order valence-corrected chi connectivity index (χ0v) is 16.5. The molecule has 1 atom stereocenters. The first-order valence-corrected chi connectivity index (χ1v) is 9.35. The van der Waals surface area contributed by atoms with E-state index in [9.17, 15) is 14.7 Å². The Labute approximate surface area is 170 Å². The van der Waals surface area contributed by atoms with Gasteiger partial charge in [0.15, 0.2) is 0 Å². The Morgan fingerprint density at radius 1 is 1.31 bits per heavy atom. The normalized spacial score (nSPS) is 12.4. The number of imidazole rings is 1. The van der Waals surface area contributed by atoms with Crippen molar-refractivity contribution in [2.24, 2.45) is 0 Å². The van der Waals surface area contributed by atoms with E-state index in [1.54, 1.807) is 18.3 Å². The zero-order chi connectivity index (χ0) is 20.7. The van der Waals surface area contributed by atoms with Gasteiger partial charge in [0, 0.05) is 24.0 Å². The van der Waals surface area contributed by atoms with E-state index in [-0.39, 0.29) is 23.4 Å². The highest BCUT2D eigenvalue weighted by Gasteiger charge is 2.22. The van der Waals surface area contributed by atoms with Crippen molar-refractivity contribution in [2.75, 3.05) is 7.05 Å². The Balaban J connectivity index is 1.98. The third kappa shape index (κ3) is 3.31. The van der Waals surface area contributed by atoms with Gasteiger partial charge in [-0.25, -0.2) is 4.98 Å². The predicted octanol–water partition coefficient (Wildman–Crippen LogP) is 3.63. The fourth-order valence-electron chi connectivity index (χ4n) is 3.49. The number of nitrogens with one attached hydrogen (secondary N) is 2. The van der Waals surface area contributed by atoms with Crippen LogP contribution < -0.4 is 5.32 Å². The van der Waals surface area contributed by atoms with Gasteiger partial charge in [0.05, 0.1) is 39.8 Å². The van der Waals surface area contributed by atoms with E-state index in [0.29, 0.717) is 22.4 Å². The van der Waals surface area contributed by atoms with Crippen LogP contribution in [0.15, 0.2) is 36.5 Å². The summed E-state index contributed by atoms with van der Waals surface area (Å²) in [5.41, 5.74) is 3.18. The van der Waals surface area contributed by atoms with Gasteiger partial charge in [-0.2, -0.15) is 5.10 Å². The lowest BCUT2D eigenvalue weighted by molar-refractivity contribution is -0.137. The van der Waals surface area contributed by atoms with Crippen LogP contribution >= 0.6 is 11.6 Å². The largest absolute Gasteiger partial charge is 0.481 e. The number of carbonyl (C=O) groups excluding carboxylic acids is 1. The molecule has 9 heteroatoms. The van der Waals surface area contributed by atoms with Crippen LogP contribution in [0.1, 0.15) is 29.7 Å². The Morgan fingerprint density at radius 2 is 2.10 bits per heavy atom. The molecule has 0 aliphatic carbocycles. The molecule has 2 aromatic heterocycles. The average molecular weight is 412 g/mol. The molecule has 4 rings (SSSR count). The lowest BCUT2D eigenvalue weighted by Gasteiger charge is -2.16. The van der Waals surface area contributed by atoms with Crippen LogP contribution in [-0.4, -0.2) is 43.8 Å². The molecule has 0 fully saturated rings. The van der Waals surface area contributed by atoms with Gasteiger partial charge in [0.2, 0.25) is 0 Å². The lowest BCUT2D eigenvalue weighted by Crippen LogP contribution is -2.18. The predicted molar refractivity (Wildman–Crippen MR) is 110 cm³/mol. The van der Waals surface area contributed by atoms with Gasteiger partial charge in [0.1, 0.15) is 5.82 Å². The fraction of sp³-hybridized carbons (Fsp3) is 0.200. The number of benzene rings is 2. The molecule has 8 nitrogen and oxygen atoms in total. The summed E-state index contributed by atoms with van der Waals surface area (Å²) in [4.78, 5) is 28.2. The number of carboxylic acids is 1. The summed E-state index contributed by atoms with van der Waals surface area (Å²) >= 11 is 6.35. The first kappa shape index (κ1) is 18.9. The summed E-state index contributed by atoms with van der Waals surface area (Å²) in [5, 5.41) is 20.1. The molecule has 0 aliphatic heterocycles. The number of H-pyrrole nitrogens is 1. The molecule has 1 unspecified atom stereocenters. The fourth-order valence-corrected chi connectivity index (χ4v) is 3.74. The second-order valence-corrected chi connectivity index (χ2v) is 7.23. The van der Waals surface area contributed by atoms with Crippen LogP contribution in [0.4, 0.5) is 0 Å². The summed E-state index contributed by atoms with van der Waals surface area (Å²) in [5.74, 6) is -0.636. The molecule has 148 valence electrons. The number of hydrogen-bond donors (Lipinski definition) is 3. The van der Waals surface area contributed by atoms with Crippen molar-refractivity contribution in [3.63, 3.8) is 0 Å². The van der Waals surface area contributed by atoms with Crippen molar-refractivity contribution in [2.45, 2.75) is 19.4 Å². The first-order valence-electron chi connectivity index (χ1n) is 8.98. The highest BCUT2D eigenvalue weighted by atomic mass is 35.5. The maximum Gasteiger partial charge on any atom is 0.305 e. The third-order valence-electron chi connectivity index (χ3n) is 4.86. The second kappa shape index (κ2) is 7.21. The van der Waals surface area contributed by atoms with Gasteiger partial charge in [-0.05, 0) is 25.1 Å². The van der Waals surface area contributed by atoms with Crippen molar-refractivity contribution in [3.05, 3.63) is 47.1 Å². The van der Waals surface area contributed by atoms with Gasteiger partial charge in [-0.1, -0.05) is 23.7 Å². The SMILES string of the molecule is CNC(=O)c1cc2nc(-c3ccc4cn[nH]c4c3)n(C(C)CC(=O)O)c2cc1Cl. The number of nitrogens with zero attached hydrogens (tertiary/aromatic N) is 3. The Kier molecular flexibility index (Phi) is 4.71. The quantitative estimate of drug-likeness (QED) is 0.464. The maximum atomic E-state index is 12.1. The van der Waals surface area contributed by atoms with Gasteiger partial charge in [0.25, 0.3) is 5.91 Å². The number of halogens is 1. The van der Waals surface area contributed by atoms with E-state index in [1.807, 2.05) is 29.7 Å². The molecule has 4 aromatic rings. The number of carbonyl (C=O) groups is 2. The molecule has 0 bridgehead atoms. The molecule has 1 amide bonds. The van der Waals surface area contributed by atoms with Gasteiger partial charge < -0.3 is 15.0 Å². The number of aliphatic carboxylic acids is 1. The lowest BCUT2D eigenvalue weighted by atomic mass is 10.1. The van der Waals surface area contributed by atoms with Crippen LogP contribution in [0, 0.1) is 0 Å². The number of amides is 1. The molecule has 0 radical (unpaired) electrons. The monoisotopic (exact) mass is 411 g/mol. The van der Waals surface area contributed by atoms with Crippen molar-refractivity contribution in [1.29, 1.82) is 0 Å². The molecule has 0 spiro atoms. The van der Waals surface area contributed by atoms with Gasteiger partial charge in [-0.3, -0.25) is 14.7 Å². The summed E-state index contributed by atoms with van der Waals surface area (Å²) < 4.78 is 1.85. The number of aromatic nitrogens is 4. The Morgan fingerprint density at radius 3 is 2.83 bits per heavy atom. The minimum Gasteiger partial charge on any atom is -0.481 e.